The van der Waals surface area contributed by atoms with Gasteiger partial charge in [-0.05, 0) is 30.3 Å². The highest BCUT2D eigenvalue weighted by Crippen LogP contribution is 2.19. The fraction of sp³-hybridized carbons (Fsp3) is 0.0714. The van der Waals surface area contributed by atoms with Gasteiger partial charge in [0.15, 0.2) is 0 Å². The van der Waals surface area contributed by atoms with Crippen LogP contribution < -0.4 is 4.72 Å². The minimum atomic E-state index is -4.03. The molecule has 0 atom stereocenters. The molecule has 0 aliphatic carbocycles. The maximum Gasteiger partial charge on any atom is 0.264 e. The van der Waals surface area contributed by atoms with Crippen molar-refractivity contribution in [2.75, 3.05) is 11.3 Å². The Labute approximate surface area is 121 Å². The summed E-state index contributed by atoms with van der Waals surface area (Å²) in [4.78, 5) is 3.28. The Morgan fingerprint density at radius 1 is 1.24 bits per heavy atom. The molecule has 7 heteroatoms. The van der Waals surface area contributed by atoms with Gasteiger partial charge in [-0.1, -0.05) is 11.8 Å². The van der Waals surface area contributed by atoms with Crippen molar-refractivity contribution in [2.24, 2.45) is 0 Å². The lowest BCUT2D eigenvalue weighted by atomic mass is 10.2. The lowest BCUT2D eigenvalue weighted by molar-refractivity contribution is 0.350. The van der Waals surface area contributed by atoms with E-state index < -0.39 is 20.7 Å². The van der Waals surface area contributed by atoms with Gasteiger partial charge < -0.3 is 5.11 Å². The number of rotatable bonds is 3. The van der Waals surface area contributed by atoms with Crippen molar-refractivity contribution in [3.63, 3.8) is 0 Å². The van der Waals surface area contributed by atoms with Crippen molar-refractivity contribution >= 4 is 15.7 Å². The SMILES string of the molecule is O=S(=O)(Nc1ccncc1)c1ccc(C#CCO)cc1F. The Balaban J connectivity index is 2.32. The van der Waals surface area contributed by atoms with E-state index >= 15 is 0 Å². The summed E-state index contributed by atoms with van der Waals surface area (Å²) in [6, 6.07) is 6.41. The number of nitrogens with one attached hydrogen (secondary N) is 1. The van der Waals surface area contributed by atoms with E-state index in [9.17, 15) is 12.8 Å². The van der Waals surface area contributed by atoms with E-state index in [2.05, 4.69) is 21.5 Å². The van der Waals surface area contributed by atoms with Crippen LogP contribution in [0.25, 0.3) is 0 Å². The number of aliphatic hydroxyl groups is 1. The summed E-state index contributed by atoms with van der Waals surface area (Å²) < 4.78 is 40.4. The normalized spacial score (nSPS) is 10.6. The van der Waals surface area contributed by atoms with Crippen LogP contribution in [0.15, 0.2) is 47.6 Å². The Kier molecular flexibility index (Phi) is 4.52. The zero-order chi connectivity index (χ0) is 15.3. The summed E-state index contributed by atoms with van der Waals surface area (Å²) in [6.45, 7) is -0.356. The molecule has 1 aromatic heterocycles. The van der Waals surface area contributed by atoms with Gasteiger partial charge in [-0.3, -0.25) is 9.71 Å². The van der Waals surface area contributed by atoms with Crippen LogP contribution in [0.1, 0.15) is 5.56 Å². The molecule has 0 saturated carbocycles. The maximum atomic E-state index is 13.9. The number of aliphatic hydroxyl groups excluding tert-OH is 1. The second-order valence-electron chi connectivity index (χ2n) is 3.95. The zero-order valence-electron chi connectivity index (χ0n) is 10.7. The van der Waals surface area contributed by atoms with Gasteiger partial charge in [0, 0.05) is 18.0 Å². The molecule has 0 bridgehead atoms. The van der Waals surface area contributed by atoms with Crippen molar-refractivity contribution in [1.29, 1.82) is 0 Å². The Morgan fingerprint density at radius 2 is 1.95 bits per heavy atom. The number of halogens is 1. The van der Waals surface area contributed by atoms with Gasteiger partial charge in [-0.15, -0.1) is 0 Å². The quantitative estimate of drug-likeness (QED) is 0.839. The molecule has 0 fully saturated rings. The first-order chi connectivity index (χ1) is 10.0. The number of hydrogen-bond acceptors (Lipinski definition) is 4. The molecule has 5 nitrogen and oxygen atoms in total. The minimum absolute atomic E-state index is 0.282. The number of pyridine rings is 1. The van der Waals surface area contributed by atoms with Crippen LogP contribution in [0.4, 0.5) is 10.1 Å². The molecule has 2 aromatic rings. The summed E-state index contributed by atoms with van der Waals surface area (Å²) in [6.07, 6.45) is 2.84. The molecule has 0 saturated heterocycles. The van der Waals surface area contributed by atoms with Crippen LogP contribution in [0.5, 0.6) is 0 Å². The third-order valence-electron chi connectivity index (χ3n) is 2.47. The molecule has 108 valence electrons. The molecule has 0 unspecified atom stereocenters. The highest BCUT2D eigenvalue weighted by atomic mass is 32.2. The summed E-state index contributed by atoms with van der Waals surface area (Å²) in [5.74, 6) is 3.94. The number of aromatic nitrogens is 1. The molecule has 0 spiro atoms. The molecule has 0 amide bonds. The standard InChI is InChI=1S/C14H11FN2O3S/c15-13-10-11(2-1-9-18)3-4-14(13)21(19,20)17-12-5-7-16-8-6-12/h3-8,10,18H,9H2,(H,16,17). The molecule has 21 heavy (non-hydrogen) atoms. The topological polar surface area (TPSA) is 79.3 Å². The fourth-order valence-corrected chi connectivity index (χ4v) is 2.69. The molecule has 2 rings (SSSR count). The summed E-state index contributed by atoms with van der Waals surface area (Å²) >= 11 is 0. The number of benzene rings is 1. The summed E-state index contributed by atoms with van der Waals surface area (Å²) in [7, 11) is -4.03. The average Bonchev–Trinajstić information content (AvgIpc) is 2.45. The second-order valence-corrected chi connectivity index (χ2v) is 5.60. The first-order valence-electron chi connectivity index (χ1n) is 5.85. The van der Waals surface area contributed by atoms with Crippen LogP contribution in [0, 0.1) is 17.7 Å². The van der Waals surface area contributed by atoms with E-state index in [1.54, 1.807) is 0 Å². The maximum absolute atomic E-state index is 13.9. The Bertz CT molecular complexity index is 796. The minimum Gasteiger partial charge on any atom is -0.384 e. The van der Waals surface area contributed by atoms with Crippen LogP contribution in [-0.4, -0.2) is 25.1 Å². The predicted octanol–water partition coefficient (Wildman–Crippen LogP) is 1.37. The van der Waals surface area contributed by atoms with E-state index in [0.29, 0.717) is 0 Å². The predicted molar refractivity (Wildman–Crippen MR) is 75.4 cm³/mol. The zero-order valence-corrected chi connectivity index (χ0v) is 11.6. The fourth-order valence-electron chi connectivity index (χ4n) is 1.57. The van der Waals surface area contributed by atoms with Gasteiger partial charge in [0.2, 0.25) is 0 Å². The second kappa shape index (κ2) is 6.35. The number of sulfonamides is 1. The van der Waals surface area contributed by atoms with Gasteiger partial charge in [0.1, 0.15) is 17.3 Å². The lowest BCUT2D eigenvalue weighted by Gasteiger charge is -2.08. The van der Waals surface area contributed by atoms with Crippen LogP contribution in [0.3, 0.4) is 0 Å². The Morgan fingerprint density at radius 3 is 2.57 bits per heavy atom. The number of anilines is 1. The molecule has 0 aliphatic heterocycles. The van der Waals surface area contributed by atoms with Crippen molar-refractivity contribution in [1.82, 2.24) is 4.98 Å². The Hall–Kier alpha value is -2.43. The highest BCUT2D eigenvalue weighted by molar-refractivity contribution is 7.92. The van der Waals surface area contributed by atoms with Crippen molar-refractivity contribution < 1.29 is 17.9 Å². The van der Waals surface area contributed by atoms with E-state index in [4.69, 9.17) is 5.11 Å². The van der Waals surface area contributed by atoms with Crippen molar-refractivity contribution in [2.45, 2.75) is 4.90 Å². The van der Waals surface area contributed by atoms with E-state index in [1.165, 1.54) is 30.6 Å². The van der Waals surface area contributed by atoms with Crippen LogP contribution in [-0.2, 0) is 10.0 Å². The number of hydrogen-bond donors (Lipinski definition) is 2. The van der Waals surface area contributed by atoms with E-state index in [1.807, 2.05) is 0 Å². The third-order valence-corrected chi connectivity index (χ3v) is 3.88. The lowest BCUT2D eigenvalue weighted by Crippen LogP contribution is -2.14. The molecule has 1 heterocycles. The summed E-state index contributed by atoms with van der Waals surface area (Å²) in [5, 5.41) is 8.57. The smallest absolute Gasteiger partial charge is 0.264 e. The molecule has 0 radical (unpaired) electrons. The third kappa shape index (κ3) is 3.78. The van der Waals surface area contributed by atoms with Gasteiger partial charge >= 0.3 is 0 Å². The largest absolute Gasteiger partial charge is 0.384 e. The average molecular weight is 306 g/mol. The summed E-state index contributed by atoms with van der Waals surface area (Å²) in [5.41, 5.74) is 0.568. The molecule has 1 aromatic carbocycles. The van der Waals surface area contributed by atoms with E-state index in [0.717, 1.165) is 12.1 Å². The van der Waals surface area contributed by atoms with Gasteiger partial charge in [-0.2, -0.15) is 0 Å². The van der Waals surface area contributed by atoms with Gasteiger partial charge in [0.25, 0.3) is 10.0 Å². The molecular weight excluding hydrogens is 295 g/mol. The molecule has 2 N–H and O–H groups in total. The highest BCUT2D eigenvalue weighted by Gasteiger charge is 2.19. The number of nitrogens with zero attached hydrogens (tertiary/aromatic N) is 1. The van der Waals surface area contributed by atoms with Crippen LogP contribution in [0.2, 0.25) is 0 Å². The monoisotopic (exact) mass is 306 g/mol. The first-order valence-corrected chi connectivity index (χ1v) is 7.33. The van der Waals surface area contributed by atoms with Crippen molar-refractivity contribution in [3.8, 4) is 11.8 Å². The van der Waals surface area contributed by atoms with Gasteiger partial charge in [0.05, 0.1) is 5.69 Å². The molecular formula is C14H11FN2O3S. The van der Waals surface area contributed by atoms with E-state index in [-0.39, 0.29) is 17.9 Å². The molecule has 0 aliphatic rings. The first kappa shape index (κ1) is 15.0. The van der Waals surface area contributed by atoms with Crippen LogP contribution >= 0.6 is 0 Å². The van der Waals surface area contributed by atoms with Crippen molar-refractivity contribution in [3.05, 3.63) is 54.1 Å². The van der Waals surface area contributed by atoms with Gasteiger partial charge in [-0.25, -0.2) is 12.8 Å².